The number of rotatable bonds is 10. The van der Waals surface area contributed by atoms with Crippen LogP contribution >= 0.6 is 8.58 Å². The van der Waals surface area contributed by atoms with Crippen LogP contribution in [0.3, 0.4) is 0 Å². The van der Waals surface area contributed by atoms with Gasteiger partial charge in [-0.15, -0.1) is 0 Å². The molecular formula is C24H34LiO2P. The van der Waals surface area contributed by atoms with Crippen molar-refractivity contribution in [1.29, 1.82) is 0 Å². The molecule has 0 saturated carbocycles. The topological polar surface area (TPSA) is 26.3 Å². The molecule has 2 aromatic carbocycles. The minimum absolute atomic E-state index is 0. The molecule has 2 unspecified atom stereocenters. The molecule has 28 heavy (non-hydrogen) atoms. The Labute approximate surface area is 184 Å². The molecule has 0 aromatic heterocycles. The molecule has 2 aromatic rings. The van der Waals surface area contributed by atoms with Gasteiger partial charge in [0.15, 0.2) is 5.52 Å². The maximum atomic E-state index is 12.8. The first kappa shape index (κ1) is 25.0. The van der Waals surface area contributed by atoms with E-state index in [4.69, 9.17) is 4.74 Å². The third-order valence-corrected chi connectivity index (χ3v) is 6.49. The molecule has 0 bridgehead atoms. The minimum atomic E-state index is 0. The van der Waals surface area contributed by atoms with Crippen LogP contribution in [0, 0.1) is 26.7 Å². The van der Waals surface area contributed by atoms with Crippen molar-refractivity contribution in [3.63, 3.8) is 0 Å². The molecule has 2 nitrogen and oxygen atoms in total. The van der Waals surface area contributed by atoms with Crippen LogP contribution in [0.4, 0.5) is 0 Å². The summed E-state index contributed by atoms with van der Waals surface area (Å²) >= 11 is 0. The number of benzene rings is 2. The van der Waals surface area contributed by atoms with Crippen molar-refractivity contribution in [1.82, 2.24) is 0 Å². The molecule has 0 aliphatic rings. The molecular weight excluding hydrogens is 358 g/mol. The molecule has 2 atom stereocenters. The van der Waals surface area contributed by atoms with Gasteiger partial charge in [0, 0.05) is 5.56 Å². The monoisotopic (exact) mass is 392 g/mol. The van der Waals surface area contributed by atoms with Crippen molar-refractivity contribution >= 4 is 38.3 Å². The van der Waals surface area contributed by atoms with Gasteiger partial charge in [-0.25, -0.2) is 0 Å². The van der Waals surface area contributed by atoms with Crippen molar-refractivity contribution in [2.75, 3.05) is 6.61 Å². The van der Waals surface area contributed by atoms with Gasteiger partial charge in [0.1, 0.15) is 5.75 Å². The van der Waals surface area contributed by atoms with Crippen molar-refractivity contribution in [2.45, 2.75) is 60.3 Å². The van der Waals surface area contributed by atoms with Crippen LogP contribution < -0.4 is 10.0 Å². The zero-order valence-corrected chi connectivity index (χ0v) is 18.4. The Morgan fingerprint density at radius 2 is 1.71 bits per heavy atom. The second-order valence-corrected chi connectivity index (χ2v) is 8.67. The second-order valence-electron chi connectivity index (χ2n) is 7.43. The maximum absolute atomic E-state index is 12.8. The zero-order chi connectivity index (χ0) is 19.8. The summed E-state index contributed by atoms with van der Waals surface area (Å²) in [5.74, 6) is 1.54. The molecule has 4 heteroatoms. The summed E-state index contributed by atoms with van der Waals surface area (Å²) in [4.78, 5) is 12.8. The van der Waals surface area contributed by atoms with Crippen molar-refractivity contribution < 1.29 is 9.53 Å². The first-order chi connectivity index (χ1) is 13.0. The number of carbonyl (C=O) groups excluding carboxylic acids is 1. The predicted molar refractivity (Wildman–Crippen MR) is 125 cm³/mol. The van der Waals surface area contributed by atoms with Gasteiger partial charge in [-0.2, -0.15) is 0 Å². The molecule has 0 heterocycles. The van der Waals surface area contributed by atoms with E-state index in [0.29, 0.717) is 5.92 Å². The van der Waals surface area contributed by atoms with Gasteiger partial charge in [-0.05, 0) is 75.8 Å². The van der Waals surface area contributed by atoms with Gasteiger partial charge in [0.2, 0.25) is 0 Å². The second kappa shape index (κ2) is 12.5. The number of unbranched alkanes of at least 4 members (excludes halogenated alkanes) is 1. The standard InChI is InChI=1S/C24H33O2P.Li.H/c1-6-8-12-20(7-2)16-26-21-13-14-22(19(5)15-21)27-24(25)23-17(3)10-9-11-18(23)4;;/h9-11,13-15,20,27H,6-8,12,16H2,1-5H3;;. The normalized spacial score (nSPS) is 12.0. The van der Waals surface area contributed by atoms with Gasteiger partial charge in [-0.1, -0.05) is 57.4 Å². The number of carbonyl (C=O) groups is 1. The Kier molecular flexibility index (Phi) is 11.1. The van der Waals surface area contributed by atoms with Crippen LogP contribution in [0.25, 0.3) is 0 Å². The number of ether oxygens (including phenoxy) is 1. The molecule has 0 N–H and O–H groups in total. The van der Waals surface area contributed by atoms with Gasteiger partial charge in [-0.3, -0.25) is 4.79 Å². The van der Waals surface area contributed by atoms with E-state index in [9.17, 15) is 4.79 Å². The molecule has 0 saturated heterocycles. The van der Waals surface area contributed by atoms with E-state index in [2.05, 4.69) is 32.9 Å². The Morgan fingerprint density at radius 1 is 1.04 bits per heavy atom. The summed E-state index contributed by atoms with van der Waals surface area (Å²) < 4.78 is 6.04. The Hall–Kier alpha value is -1.06. The van der Waals surface area contributed by atoms with Gasteiger partial charge >= 0.3 is 18.9 Å². The molecule has 0 spiro atoms. The van der Waals surface area contributed by atoms with Gasteiger partial charge in [0.05, 0.1) is 6.61 Å². The average molecular weight is 392 g/mol. The molecule has 0 amide bonds. The summed E-state index contributed by atoms with van der Waals surface area (Å²) in [6, 6.07) is 12.2. The summed E-state index contributed by atoms with van der Waals surface area (Å²) in [6.07, 6.45) is 4.89. The number of hydrogen-bond donors (Lipinski definition) is 0. The fraction of sp³-hybridized carbons (Fsp3) is 0.458. The van der Waals surface area contributed by atoms with Crippen LogP contribution in [-0.4, -0.2) is 31.0 Å². The average Bonchev–Trinajstić information content (AvgIpc) is 2.64. The van der Waals surface area contributed by atoms with E-state index in [1.807, 2.05) is 38.1 Å². The van der Waals surface area contributed by atoms with Crippen molar-refractivity contribution in [2.24, 2.45) is 5.92 Å². The molecule has 0 aliphatic carbocycles. The van der Waals surface area contributed by atoms with Crippen LogP contribution in [0.1, 0.15) is 66.6 Å². The zero-order valence-electron chi connectivity index (χ0n) is 17.4. The molecule has 0 radical (unpaired) electrons. The van der Waals surface area contributed by atoms with E-state index in [0.717, 1.165) is 46.3 Å². The molecule has 2 rings (SSSR count). The fourth-order valence-electron chi connectivity index (χ4n) is 3.34. The molecule has 0 aliphatic heterocycles. The molecule has 0 fully saturated rings. The summed E-state index contributed by atoms with van der Waals surface area (Å²) in [7, 11) is 0.147. The predicted octanol–water partition coefficient (Wildman–Crippen LogP) is 5.70. The van der Waals surface area contributed by atoms with Crippen LogP contribution in [0.2, 0.25) is 0 Å². The summed E-state index contributed by atoms with van der Waals surface area (Å²) in [5, 5.41) is 1.10. The van der Waals surface area contributed by atoms with E-state index in [1.165, 1.54) is 19.3 Å². The quantitative estimate of drug-likeness (QED) is 0.383. The van der Waals surface area contributed by atoms with Crippen molar-refractivity contribution in [3.8, 4) is 5.75 Å². The van der Waals surface area contributed by atoms with Crippen LogP contribution in [0.15, 0.2) is 36.4 Å². The van der Waals surface area contributed by atoms with Crippen molar-refractivity contribution in [3.05, 3.63) is 58.7 Å². The fourth-order valence-corrected chi connectivity index (χ4v) is 4.54. The van der Waals surface area contributed by atoms with E-state index < -0.39 is 0 Å². The van der Waals surface area contributed by atoms with E-state index >= 15 is 0 Å². The number of hydrogen-bond acceptors (Lipinski definition) is 2. The van der Waals surface area contributed by atoms with E-state index in [1.54, 1.807) is 0 Å². The Balaban J connectivity index is 0.00000392. The SMILES string of the molecule is CCCCC(CC)COc1ccc(PC(=O)c2c(C)cccc2C)c(C)c1.[LiH]. The third-order valence-electron chi connectivity index (χ3n) is 5.18. The summed E-state index contributed by atoms with van der Waals surface area (Å²) in [6.45, 7) is 11.3. The Bertz CT molecular complexity index is 753. The van der Waals surface area contributed by atoms with Gasteiger partial charge in [0.25, 0.3) is 0 Å². The first-order valence-electron chi connectivity index (χ1n) is 10.1. The number of aryl methyl sites for hydroxylation is 3. The first-order valence-corrected chi connectivity index (χ1v) is 11.1. The third kappa shape index (κ3) is 7.08. The Morgan fingerprint density at radius 3 is 2.29 bits per heavy atom. The molecule has 148 valence electrons. The van der Waals surface area contributed by atoms with Crippen LogP contribution in [-0.2, 0) is 0 Å². The summed E-state index contributed by atoms with van der Waals surface area (Å²) in [5.41, 5.74) is 4.34. The van der Waals surface area contributed by atoms with Gasteiger partial charge < -0.3 is 4.74 Å². The van der Waals surface area contributed by atoms with Crippen LogP contribution in [0.5, 0.6) is 5.75 Å². The van der Waals surface area contributed by atoms with E-state index in [-0.39, 0.29) is 33.0 Å².